The van der Waals surface area contributed by atoms with E-state index in [1.807, 2.05) is 6.07 Å². The van der Waals surface area contributed by atoms with E-state index < -0.39 is 5.97 Å². The van der Waals surface area contributed by atoms with Crippen molar-refractivity contribution < 1.29 is 14.6 Å². The lowest BCUT2D eigenvalue weighted by Crippen LogP contribution is -2.47. The number of nitrogens with zero attached hydrogens (tertiary/aromatic N) is 4. The fraction of sp³-hybridized carbons (Fsp3) is 0.167. The number of rotatable bonds is 6. The second-order valence-electron chi connectivity index (χ2n) is 9.48. The molecule has 0 spiro atoms. The van der Waals surface area contributed by atoms with Gasteiger partial charge in [0.1, 0.15) is 11.6 Å². The molecule has 5 aromatic rings. The number of nitrogens with one attached hydrogen (secondary N) is 1. The number of carbonyl (C=O) groups is 1. The molecule has 3 aromatic carbocycles. The molecule has 0 unspecified atom stereocenters. The number of hydrogen-bond acceptors (Lipinski definition) is 6. The number of H-pyrrole nitrogens is 1. The number of carboxylic acids is 1. The summed E-state index contributed by atoms with van der Waals surface area (Å²) in [6, 6.07) is 25.9. The summed E-state index contributed by atoms with van der Waals surface area (Å²) in [5, 5.41) is 9.91. The number of aryl methyl sites for hydroxylation is 1. The van der Waals surface area contributed by atoms with Crippen molar-refractivity contribution in [2.24, 2.45) is 0 Å². The Morgan fingerprint density at radius 1 is 0.897 bits per heavy atom. The minimum atomic E-state index is -1.01. The lowest BCUT2D eigenvalue weighted by atomic mass is 10.1. The number of carboxylic acid groups (broad SMARTS) is 1. The van der Waals surface area contributed by atoms with Crippen LogP contribution in [0.1, 0.15) is 15.9 Å². The van der Waals surface area contributed by atoms with Crippen molar-refractivity contribution in [3.05, 3.63) is 95.0 Å². The first-order chi connectivity index (χ1) is 18.9. The molecule has 0 atom stereocenters. The summed E-state index contributed by atoms with van der Waals surface area (Å²) in [5.41, 5.74) is 5.56. The Hall–Kier alpha value is -4.56. The van der Waals surface area contributed by atoms with Crippen LogP contribution in [0, 0.1) is 6.92 Å². The first-order valence-corrected chi connectivity index (χ1v) is 13.1. The van der Waals surface area contributed by atoms with E-state index in [0.717, 1.165) is 26.2 Å². The molecular formula is C30H26ClN5O3. The lowest BCUT2D eigenvalue weighted by Gasteiger charge is -2.37. The zero-order valence-electron chi connectivity index (χ0n) is 21.3. The van der Waals surface area contributed by atoms with Crippen molar-refractivity contribution in [1.29, 1.82) is 0 Å². The Morgan fingerprint density at radius 2 is 1.59 bits per heavy atom. The summed E-state index contributed by atoms with van der Waals surface area (Å²) in [5.74, 6) is 0.0473. The molecule has 1 fully saturated rings. The highest BCUT2D eigenvalue weighted by molar-refractivity contribution is 6.33. The Balaban J connectivity index is 1.15. The number of halogens is 1. The quantitative estimate of drug-likeness (QED) is 0.258. The van der Waals surface area contributed by atoms with Crippen LogP contribution >= 0.6 is 11.6 Å². The molecule has 0 amide bonds. The molecule has 1 aliphatic heterocycles. The summed E-state index contributed by atoms with van der Waals surface area (Å²) < 4.78 is 5.80. The van der Waals surface area contributed by atoms with Gasteiger partial charge in [-0.05, 0) is 53.9 Å². The van der Waals surface area contributed by atoms with Gasteiger partial charge in [0.15, 0.2) is 5.65 Å². The molecular weight excluding hydrogens is 514 g/mol. The molecule has 3 heterocycles. The smallest absolute Gasteiger partial charge is 0.336 e. The predicted octanol–water partition coefficient (Wildman–Crippen LogP) is 6.40. The fourth-order valence-electron chi connectivity index (χ4n) is 4.83. The van der Waals surface area contributed by atoms with Crippen LogP contribution in [-0.2, 0) is 0 Å². The summed E-state index contributed by atoms with van der Waals surface area (Å²) >= 11 is 6.64. The number of pyridine rings is 1. The van der Waals surface area contributed by atoms with Crippen LogP contribution in [0.5, 0.6) is 11.8 Å². The highest BCUT2D eigenvalue weighted by atomic mass is 35.5. The number of anilines is 2. The van der Waals surface area contributed by atoms with Gasteiger partial charge in [0.25, 0.3) is 0 Å². The highest BCUT2D eigenvalue weighted by Crippen LogP contribution is 2.31. The number of aromatic amines is 1. The molecule has 6 rings (SSSR count). The van der Waals surface area contributed by atoms with E-state index in [9.17, 15) is 9.90 Å². The number of ether oxygens (including phenoxy) is 1. The number of hydrogen-bond donors (Lipinski definition) is 2. The molecule has 0 aliphatic carbocycles. The van der Waals surface area contributed by atoms with Crippen molar-refractivity contribution in [3.63, 3.8) is 0 Å². The van der Waals surface area contributed by atoms with Crippen molar-refractivity contribution in [2.75, 3.05) is 36.0 Å². The monoisotopic (exact) mass is 539 g/mol. The van der Waals surface area contributed by atoms with Gasteiger partial charge in [-0.1, -0.05) is 60.1 Å². The molecule has 9 heteroatoms. The first-order valence-electron chi connectivity index (χ1n) is 12.7. The van der Waals surface area contributed by atoms with Gasteiger partial charge in [-0.3, -0.25) is 0 Å². The maximum atomic E-state index is 11.4. The van der Waals surface area contributed by atoms with Gasteiger partial charge in [-0.25, -0.2) is 9.78 Å². The van der Waals surface area contributed by atoms with Gasteiger partial charge < -0.3 is 24.6 Å². The van der Waals surface area contributed by atoms with Crippen LogP contribution in [0.2, 0.25) is 5.02 Å². The van der Waals surface area contributed by atoms with Gasteiger partial charge in [0, 0.05) is 31.9 Å². The van der Waals surface area contributed by atoms with E-state index in [1.165, 1.54) is 22.9 Å². The maximum absolute atomic E-state index is 11.4. The number of piperazine rings is 1. The molecule has 2 aromatic heterocycles. The number of aromatic nitrogens is 3. The van der Waals surface area contributed by atoms with Gasteiger partial charge in [-0.2, -0.15) is 4.98 Å². The minimum absolute atomic E-state index is 0.179. The van der Waals surface area contributed by atoms with E-state index in [1.54, 1.807) is 25.1 Å². The number of benzene rings is 3. The van der Waals surface area contributed by atoms with E-state index in [0.29, 0.717) is 33.3 Å². The Kier molecular flexibility index (Phi) is 6.54. The predicted molar refractivity (Wildman–Crippen MR) is 153 cm³/mol. The fourth-order valence-corrected chi connectivity index (χ4v) is 5.11. The topological polar surface area (TPSA) is 94.6 Å². The molecule has 0 bridgehead atoms. The van der Waals surface area contributed by atoms with Gasteiger partial charge in [0.05, 0.1) is 16.1 Å². The van der Waals surface area contributed by atoms with Crippen molar-refractivity contribution in [1.82, 2.24) is 15.0 Å². The standard InChI is InChI=1S/C30H26ClN5O3/c1-19-7-12-23(17-24(19)29(37)38)39-30-32-26-18-25(31)28(33-27(26)34-30)36-15-13-35(14-16-36)22-10-8-21(9-11-22)20-5-3-2-4-6-20/h2-12,17-18H,13-16H2,1H3,(H,37,38)(H,32,33,34). The molecule has 0 radical (unpaired) electrons. The normalized spacial score (nSPS) is 13.6. The van der Waals surface area contributed by atoms with Crippen LogP contribution in [-0.4, -0.2) is 52.2 Å². The van der Waals surface area contributed by atoms with Crippen LogP contribution in [0.3, 0.4) is 0 Å². The first kappa shape index (κ1) is 24.8. The molecule has 0 saturated carbocycles. The summed E-state index contributed by atoms with van der Waals surface area (Å²) in [7, 11) is 0. The van der Waals surface area contributed by atoms with E-state index in [2.05, 4.69) is 68.3 Å². The summed E-state index contributed by atoms with van der Waals surface area (Å²) in [4.78, 5) is 28.2. The third kappa shape index (κ3) is 5.11. The second kappa shape index (κ2) is 10.3. The molecule has 8 nitrogen and oxygen atoms in total. The minimum Gasteiger partial charge on any atom is -0.478 e. The average Bonchev–Trinajstić information content (AvgIpc) is 3.35. The average molecular weight is 540 g/mol. The van der Waals surface area contributed by atoms with Gasteiger partial charge >= 0.3 is 12.0 Å². The second-order valence-corrected chi connectivity index (χ2v) is 9.89. The third-order valence-corrected chi connectivity index (χ3v) is 7.24. The Labute approximate surface area is 230 Å². The van der Waals surface area contributed by atoms with E-state index in [4.69, 9.17) is 21.3 Å². The van der Waals surface area contributed by atoms with Crippen LogP contribution < -0.4 is 14.5 Å². The highest BCUT2D eigenvalue weighted by Gasteiger charge is 2.22. The lowest BCUT2D eigenvalue weighted by molar-refractivity contribution is 0.0695. The van der Waals surface area contributed by atoms with Crippen molar-refractivity contribution in [2.45, 2.75) is 6.92 Å². The molecule has 196 valence electrons. The number of fused-ring (bicyclic) bond motifs is 1. The zero-order valence-corrected chi connectivity index (χ0v) is 22.0. The summed E-state index contributed by atoms with van der Waals surface area (Å²) in [6.45, 7) is 4.97. The molecule has 39 heavy (non-hydrogen) atoms. The molecule has 1 aliphatic rings. The molecule has 2 N–H and O–H groups in total. The van der Waals surface area contributed by atoms with Gasteiger partial charge in [-0.15, -0.1) is 0 Å². The van der Waals surface area contributed by atoms with Crippen LogP contribution in [0.15, 0.2) is 78.9 Å². The molecule has 1 saturated heterocycles. The maximum Gasteiger partial charge on any atom is 0.336 e. The number of imidazole rings is 1. The van der Waals surface area contributed by atoms with Crippen molar-refractivity contribution >= 4 is 40.2 Å². The largest absolute Gasteiger partial charge is 0.478 e. The van der Waals surface area contributed by atoms with Gasteiger partial charge in [0.2, 0.25) is 0 Å². The Morgan fingerprint density at radius 3 is 2.31 bits per heavy atom. The number of aromatic carboxylic acids is 1. The SMILES string of the molecule is Cc1ccc(Oc2nc3nc(N4CCN(c5ccc(-c6ccccc6)cc5)CC4)c(Cl)cc3[nH]2)cc1C(=O)O. The third-order valence-electron chi connectivity index (χ3n) is 6.96. The van der Waals surface area contributed by atoms with E-state index >= 15 is 0 Å². The summed E-state index contributed by atoms with van der Waals surface area (Å²) in [6.07, 6.45) is 0. The van der Waals surface area contributed by atoms with E-state index in [-0.39, 0.29) is 11.6 Å². The van der Waals surface area contributed by atoms with Crippen LogP contribution in [0.4, 0.5) is 11.5 Å². The van der Waals surface area contributed by atoms with Crippen LogP contribution in [0.25, 0.3) is 22.3 Å². The van der Waals surface area contributed by atoms with Crippen molar-refractivity contribution in [3.8, 4) is 22.9 Å². The Bertz CT molecular complexity index is 1650. The zero-order chi connectivity index (χ0) is 26.9.